The van der Waals surface area contributed by atoms with Gasteiger partial charge in [-0.05, 0) is 27.2 Å². The van der Waals surface area contributed by atoms with Crippen molar-refractivity contribution >= 4 is 12.0 Å². The molecule has 0 aromatic carbocycles. The minimum absolute atomic E-state index is 0.00459. The number of H-pyrrole nitrogens is 1. The highest BCUT2D eigenvalue weighted by Gasteiger charge is 2.13. The van der Waals surface area contributed by atoms with Crippen LogP contribution in [0.15, 0.2) is 17.1 Å². The smallest absolute Gasteiger partial charge is 0.294 e. The minimum atomic E-state index is -0.468. The predicted molar refractivity (Wildman–Crippen MR) is 81.4 cm³/mol. The number of hydrogen-bond donors (Lipinski definition) is 3. The van der Waals surface area contributed by atoms with E-state index in [-0.39, 0.29) is 29.6 Å². The number of aromatic hydroxyl groups is 1. The summed E-state index contributed by atoms with van der Waals surface area (Å²) in [4.78, 5) is 25.0. The Labute approximate surface area is 123 Å². The lowest BCUT2D eigenvalue weighted by molar-refractivity contribution is -0.119. The van der Waals surface area contributed by atoms with Gasteiger partial charge in [0, 0.05) is 24.7 Å². The van der Waals surface area contributed by atoms with Gasteiger partial charge in [0.25, 0.3) is 5.56 Å². The molecule has 0 spiro atoms. The first-order valence-electron chi connectivity index (χ1n) is 6.86. The molecule has 0 aliphatic heterocycles. The third-order valence-electron chi connectivity index (χ3n) is 2.64. The molecule has 0 bridgehead atoms. The van der Waals surface area contributed by atoms with Crippen LogP contribution in [0.25, 0.3) is 6.08 Å². The van der Waals surface area contributed by atoms with Crippen molar-refractivity contribution in [3.8, 4) is 11.5 Å². The Hall–Kier alpha value is -2.24. The summed E-state index contributed by atoms with van der Waals surface area (Å²) in [6.07, 6.45) is 5.31. The Morgan fingerprint density at radius 2 is 2.14 bits per heavy atom. The van der Waals surface area contributed by atoms with E-state index in [0.717, 1.165) is 0 Å². The van der Waals surface area contributed by atoms with Gasteiger partial charge in [-0.2, -0.15) is 0 Å². The van der Waals surface area contributed by atoms with Gasteiger partial charge in [0.1, 0.15) is 0 Å². The molecule has 1 rings (SSSR count). The van der Waals surface area contributed by atoms with Crippen LogP contribution in [0.3, 0.4) is 0 Å². The van der Waals surface area contributed by atoms with Crippen LogP contribution in [0, 0.1) is 0 Å². The summed E-state index contributed by atoms with van der Waals surface area (Å²) in [5, 5.41) is 12.8. The molecular weight excluding hydrogens is 272 g/mol. The molecule has 0 saturated carbocycles. The third kappa shape index (κ3) is 5.33. The standard InChI is InChI=1S/C15H22N2O4/c1-9(2)21-14-13(19)12(8-16-15(14)20)7-5-6-10(3)17-11(4)18/h5,7-10H,6H2,1-4H3,(H,17,18)(H2,16,19,20)/b7-5+/t10-/m1/s1. The second kappa shape index (κ2) is 7.52. The zero-order valence-corrected chi connectivity index (χ0v) is 12.8. The molecule has 6 heteroatoms. The number of aromatic nitrogens is 1. The van der Waals surface area contributed by atoms with Gasteiger partial charge in [-0.15, -0.1) is 0 Å². The van der Waals surface area contributed by atoms with Gasteiger partial charge >= 0.3 is 0 Å². The first-order valence-corrected chi connectivity index (χ1v) is 6.86. The average molecular weight is 294 g/mol. The molecule has 0 saturated heterocycles. The van der Waals surface area contributed by atoms with Crippen molar-refractivity contribution in [2.45, 2.75) is 46.3 Å². The van der Waals surface area contributed by atoms with Gasteiger partial charge in [-0.25, -0.2) is 0 Å². The molecule has 6 nitrogen and oxygen atoms in total. The Bertz CT molecular complexity index is 576. The highest BCUT2D eigenvalue weighted by Crippen LogP contribution is 2.27. The molecular formula is C15H22N2O4. The van der Waals surface area contributed by atoms with Crippen LogP contribution in [-0.2, 0) is 4.79 Å². The zero-order valence-electron chi connectivity index (χ0n) is 12.8. The molecule has 1 heterocycles. The number of hydrogen-bond acceptors (Lipinski definition) is 4. The molecule has 0 fully saturated rings. The Morgan fingerprint density at radius 3 is 2.71 bits per heavy atom. The lowest BCUT2D eigenvalue weighted by Crippen LogP contribution is -2.29. The van der Waals surface area contributed by atoms with Gasteiger partial charge in [-0.3, -0.25) is 9.59 Å². The minimum Gasteiger partial charge on any atom is -0.504 e. The average Bonchev–Trinajstić information content (AvgIpc) is 2.36. The molecule has 1 atom stereocenters. The Balaban J connectivity index is 2.84. The van der Waals surface area contributed by atoms with Gasteiger partial charge in [-0.1, -0.05) is 12.2 Å². The molecule has 0 aliphatic carbocycles. The number of rotatable bonds is 6. The van der Waals surface area contributed by atoms with Crippen molar-refractivity contribution in [3.05, 3.63) is 28.2 Å². The predicted octanol–water partition coefficient (Wildman–Crippen LogP) is 1.80. The van der Waals surface area contributed by atoms with Crippen LogP contribution in [0.2, 0.25) is 0 Å². The summed E-state index contributed by atoms with van der Waals surface area (Å²) in [6.45, 7) is 6.89. The zero-order chi connectivity index (χ0) is 16.0. The van der Waals surface area contributed by atoms with E-state index >= 15 is 0 Å². The lowest BCUT2D eigenvalue weighted by Gasteiger charge is -2.11. The maximum Gasteiger partial charge on any atom is 0.294 e. The van der Waals surface area contributed by atoms with E-state index < -0.39 is 5.56 Å². The van der Waals surface area contributed by atoms with Crippen LogP contribution >= 0.6 is 0 Å². The Kier molecular flexibility index (Phi) is 6.02. The van der Waals surface area contributed by atoms with Crippen molar-refractivity contribution in [2.24, 2.45) is 0 Å². The topological polar surface area (TPSA) is 91.4 Å². The van der Waals surface area contributed by atoms with E-state index in [2.05, 4.69) is 10.3 Å². The molecule has 116 valence electrons. The molecule has 1 aromatic rings. The van der Waals surface area contributed by atoms with Crippen LogP contribution in [0.5, 0.6) is 11.5 Å². The molecule has 0 aliphatic rings. The van der Waals surface area contributed by atoms with Crippen LogP contribution in [0.1, 0.15) is 39.7 Å². The van der Waals surface area contributed by atoms with Crippen LogP contribution in [0.4, 0.5) is 0 Å². The number of carbonyl (C=O) groups excluding carboxylic acids is 1. The maximum atomic E-state index is 11.6. The van der Waals surface area contributed by atoms with Gasteiger partial charge < -0.3 is 20.1 Å². The summed E-state index contributed by atoms with van der Waals surface area (Å²) in [7, 11) is 0. The highest BCUT2D eigenvalue weighted by molar-refractivity contribution is 5.73. The summed E-state index contributed by atoms with van der Waals surface area (Å²) >= 11 is 0. The largest absolute Gasteiger partial charge is 0.504 e. The van der Waals surface area contributed by atoms with Crippen molar-refractivity contribution in [1.29, 1.82) is 0 Å². The molecule has 1 aromatic heterocycles. The molecule has 1 amide bonds. The van der Waals surface area contributed by atoms with Crippen molar-refractivity contribution in [3.63, 3.8) is 0 Å². The van der Waals surface area contributed by atoms with E-state index in [9.17, 15) is 14.7 Å². The van der Waals surface area contributed by atoms with E-state index in [1.165, 1.54) is 13.1 Å². The summed E-state index contributed by atoms with van der Waals surface area (Å²) in [6, 6.07) is -0.00459. The second-order valence-electron chi connectivity index (χ2n) is 5.16. The van der Waals surface area contributed by atoms with Crippen LogP contribution < -0.4 is 15.6 Å². The first kappa shape index (κ1) is 16.8. The van der Waals surface area contributed by atoms with Gasteiger partial charge in [0.05, 0.1) is 6.10 Å². The monoisotopic (exact) mass is 294 g/mol. The second-order valence-corrected chi connectivity index (χ2v) is 5.16. The maximum absolute atomic E-state index is 11.6. The Morgan fingerprint density at radius 1 is 1.48 bits per heavy atom. The van der Waals surface area contributed by atoms with Crippen LogP contribution in [-0.4, -0.2) is 28.1 Å². The van der Waals surface area contributed by atoms with Crippen molar-refractivity contribution in [2.75, 3.05) is 0 Å². The third-order valence-corrected chi connectivity index (χ3v) is 2.64. The normalized spacial score (nSPS) is 12.6. The van der Waals surface area contributed by atoms with Gasteiger partial charge in [0.2, 0.25) is 11.7 Å². The summed E-state index contributed by atoms with van der Waals surface area (Å²) in [5.41, 5.74) is -0.00904. The fraction of sp³-hybridized carbons (Fsp3) is 0.467. The molecule has 0 radical (unpaired) electrons. The number of pyridine rings is 1. The summed E-state index contributed by atoms with van der Waals surface area (Å²) < 4.78 is 5.31. The van der Waals surface area contributed by atoms with E-state index in [1.807, 2.05) is 13.0 Å². The number of carbonyl (C=O) groups is 1. The molecule has 3 N–H and O–H groups in total. The number of nitrogens with one attached hydrogen (secondary N) is 2. The van der Waals surface area contributed by atoms with Gasteiger partial charge in [0.15, 0.2) is 5.75 Å². The quantitative estimate of drug-likeness (QED) is 0.746. The SMILES string of the molecule is CC(=O)N[C@H](C)C/C=C/c1c[nH]c(=O)c(OC(C)C)c1O. The number of amides is 1. The fourth-order valence-corrected chi connectivity index (χ4v) is 1.79. The van der Waals surface area contributed by atoms with E-state index in [4.69, 9.17) is 4.74 Å². The molecule has 0 unspecified atom stereocenters. The van der Waals surface area contributed by atoms with E-state index in [0.29, 0.717) is 12.0 Å². The van der Waals surface area contributed by atoms with Crippen molar-refractivity contribution in [1.82, 2.24) is 10.3 Å². The van der Waals surface area contributed by atoms with Crippen molar-refractivity contribution < 1.29 is 14.6 Å². The lowest BCUT2D eigenvalue weighted by atomic mass is 10.1. The summed E-state index contributed by atoms with van der Waals surface area (Å²) in [5.74, 6) is -0.353. The molecule has 21 heavy (non-hydrogen) atoms. The number of aromatic amines is 1. The van der Waals surface area contributed by atoms with E-state index in [1.54, 1.807) is 19.9 Å². The fourth-order valence-electron chi connectivity index (χ4n) is 1.79. The number of ether oxygens (including phenoxy) is 1. The highest BCUT2D eigenvalue weighted by atomic mass is 16.5. The first-order chi connectivity index (χ1) is 9.81.